The highest BCUT2D eigenvalue weighted by Gasteiger charge is 2.15. The summed E-state index contributed by atoms with van der Waals surface area (Å²) in [5, 5.41) is 3.38. The fourth-order valence-electron chi connectivity index (χ4n) is 2.59. The molecule has 162 valence electrons. The van der Waals surface area contributed by atoms with Crippen LogP contribution in [0.1, 0.15) is 0 Å². The van der Waals surface area contributed by atoms with Crippen LogP contribution in [0.5, 0.6) is 5.75 Å². The van der Waals surface area contributed by atoms with Gasteiger partial charge < -0.3 is 10.1 Å². The highest BCUT2D eigenvalue weighted by molar-refractivity contribution is 7.98. The highest BCUT2D eigenvalue weighted by Crippen LogP contribution is 2.25. The number of hydrogen-bond acceptors (Lipinski definition) is 5. The quantitative estimate of drug-likeness (QED) is 0.400. The van der Waals surface area contributed by atoms with E-state index in [1.54, 1.807) is 17.8 Å². The lowest BCUT2D eigenvalue weighted by Crippen LogP contribution is -2.20. The monoisotopic (exact) mass is 496 g/mol. The first-order valence-electron chi connectivity index (χ1n) is 8.91. The Kier molecular flexibility index (Phi) is 7.72. The normalized spacial score (nSPS) is 11.1. The van der Waals surface area contributed by atoms with Crippen molar-refractivity contribution in [1.29, 1.82) is 0 Å². The van der Waals surface area contributed by atoms with Gasteiger partial charge in [-0.1, -0.05) is 29.3 Å². The van der Waals surface area contributed by atoms with Crippen molar-refractivity contribution < 1.29 is 17.9 Å². The second kappa shape index (κ2) is 10.3. The number of amides is 1. The maximum Gasteiger partial charge on any atom is 0.262 e. The van der Waals surface area contributed by atoms with Gasteiger partial charge in [-0.15, -0.1) is 11.8 Å². The van der Waals surface area contributed by atoms with Gasteiger partial charge in [0.15, 0.2) is 6.61 Å². The van der Waals surface area contributed by atoms with Gasteiger partial charge in [-0.05, 0) is 66.9 Å². The summed E-state index contributed by atoms with van der Waals surface area (Å²) in [5.41, 5.74) is 0.925. The molecule has 0 aliphatic heterocycles. The van der Waals surface area contributed by atoms with E-state index >= 15 is 0 Å². The molecule has 0 aromatic heterocycles. The number of carbonyl (C=O) groups is 1. The molecule has 0 unspecified atom stereocenters. The molecule has 0 aliphatic rings. The molecule has 0 spiro atoms. The fraction of sp³-hybridized carbons (Fsp3) is 0.0952. The van der Waals surface area contributed by atoms with Gasteiger partial charge in [0.25, 0.3) is 15.9 Å². The Labute approximate surface area is 195 Å². The number of halogens is 2. The molecule has 3 aromatic rings. The summed E-state index contributed by atoms with van der Waals surface area (Å²) in [4.78, 5) is 13.2. The molecule has 3 rings (SSSR count). The Balaban J connectivity index is 1.59. The first-order chi connectivity index (χ1) is 14.7. The van der Waals surface area contributed by atoms with E-state index in [-0.39, 0.29) is 23.1 Å². The van der Waals surface area contributed by atoms with Crippen molar-refractivity contribution in [2.45, 2.75) is 9.79 Å². The molecule has 2 N–H and O–H groups in total. The zero-order chi connectivity index (χ0) is 22.4. The van der Waals surface area contributed by atoms with Crippen LogP contribution in [0.15, 0.2) is 76.5 Å². The lowest BCUT2D eigenvalue weighted by molar-refractivity contribution is -0.118. The number of anilines is 2. The summed E-state index contributed by atoms with van der Waals surface area (Å²) in [6.45, 7) is -0.213. The third kappa shape index (κ3) is 6.80. The maximum absolute atomic E-state index is 12.6. The molecule has 0 saturated carbocycles. The van der Waals surface area contributed by atoms with Crippen LogP contribution in [0.2, 0.25) is 10.0 Å². The Bertz CT molecular complexity index is 1170. The molecule has 6 nitrogen and oxygen atoms in total. The summed E-state index contributed by atoms with van der Waals surface area (Å²) in [7, 11) is -3.85. The summed E-state index contributed by atoms with van der Waals surface area (Å²) in [6.07, 6.45) is 1.95. The van der Waals surface area contributed by atoms with Crippen LogP contribution >= 0.6 is 35.0 Å². The Morgan fingerprint density at radius 2 is 1.65 bits per heavy atom. The summed E-state index contributed by atoms with van der Waals surface area (Å²) in [5.74, 6) is 0.0345. The number of hydrogen-bond donors (Lipinski definition) is 2. The molecule has 0 aliphatic carbocycles. The molecule has 0 bridgehead atoms. The van der Waals surface area contributed by atoms with Gasteiger partial charge in [0, 0.05) is 20.6 Å². The minimum absolute atomic E-state index is 0.0225. The molecule has 0 radical (unpaired) electrons. The smallest absolute Gasteiger partial charge is 0.262 e. The van der Waals surface area contributed by atoms with Gasteiger partial charge in [-0.25, -0.2) is 8.42 Å². The molecule has 0 saturated heterocycles. The lowest BCUT2D eigenvalue weighted by Gasteiger charge is -2.11. The van der Waals surface area contributed by atoms with E-state index < -0.39 is 10.0 Å². The SMILES string of the molecule is CSc1cccc(NC(=O)COc2ccc(S(=O)(=O)Nc3cc(Cl)cc(Cl)c3)cc2)c1. The van der Waals surface area contributed by atoms with Crippen molar-refractivity contribution in [3.63, 3.8) is 0 Å². The van der Waals surface area contributed by atoms with E-state index in [2.05, 4.69) is 10.0 Å². The number of benzene rings is 3. The molecular formula is C21H18Cl2N2O4S2. The van der Waals surface area contributed by atoms with Gasteiger partial charge >= 0.3 is 0 Å². The number of sulfonamides is 1. The molecule has 31 heavy (non-hydrogen) atoms. The molecular weight excluding hydrogens is 479 g/mol. The Morgan fingerprint density at radius 1 is 0.968 bits per heavy atom. The maximum atomic E-state index is 12.6. The molecule has 0 heterocycles. The first-order valence-corrected chi connectivity index (χ1v) is 12.4. The van der Waals surface area contributed by atoms with Crippen molar-refractivity contribution in [1.82, 2.24) is 0 Å². The van der Waals surface area contributed by atoms with Crippen molar-refractivity contribution in [2.24, 2.45) is 0 Å². The van der Waals surface area contributed by atoms with E-state index in [1.807, 2.05) is 24.5 Å². The van der Waals surface area contributed by atoms with Crippen molar-refractivity contribution >= 4 is 62.3 Å². The van der Waals surface area contributed by atoms with Gasteiger partial charge in [0.1, 0.15) is 5.75 Å². The zero-order valence-corrected chi connectivity index (χ0v) is 19.4. The van der Waals surface area contributed by atoms with Gasteiger partial charge in [-0.2, -0.15) is 0 Å². The Morgan fingerprint density at radius 3 is 2.29 bits per heavy atom. The summed E-state index contributed by atoms with van der Waals surface area (Å²) < 4.78 is 33.0. The first kappa shape index (κ1) is 23.3. The molecule has 0 fully saturated rings. The average molecular weight is 497 g/mol. The predicted octanol–water partition coefficient (Wildman–Crippen LogP) is 5.53. The van der Waals surface area contributed by atoms with Crippen molar-refractivity contribution in [3.05, 3.63) is 76.8 Å². The largest absolute Gasteiger partial charge is 0.484 e. The number of rotatable bonds is 8. The second-order valence-corrected chi connectivity index (χ2v) is 9.74. The number of thioether (sulfide) groups is 1. The van der Waals surface area contributed by atoms with E-state index in [9.17, 15) is 13.2 Å². The molecule has 1 amide bonds. The van der Waals surface area contributed by atoms with Crippen LogP contribution in [0.25, 0.3) is 0 Å². The zero-order valence-electron chi connectivity index (χ0n) is 16.3. The van der Waals surface area contributed by atoms with Crippen LogP contribution in [-0.2, 0) is 14.8 Å². The van der Waals surface area contributed by atoms with Gasteiger partial charge in [0.05, 0.1) is 10.6 Å². The number of carbonyl (C=O) groups excluding carboxylic acids is 1. The van der Waals surface area contributed by atoms with Crippen LogP contribution in [0, 0.1) is 0 Å². The second-order valence-electron chi connectivity index (χ2n) is 6.30. The third-order valence-electron chi connectivity index (χ3n) is 3.97. The molecule has 3 aromatic carbocycles. The van der Waals surface area contributed by atoms with Crippen LogP contribution in [0.3, 0.4) is 0 Å². The van der Waals surface area contributed by atoms with E-state index in [0.717, 1.165) is 4.90 Å². The van der Waals surface area contributed by atoms with Crippen molar-refractivity contribution in [2.75, 3.05) is 22.9 Å². The predicted molar refractivity (Wildman–Crippen MR) is 126 cm³/mol. The van der Waals surface area contributed by atoms with Crippen LogP contribution in [-0.4, -0.2) is 27.2 Å². The molecule has 0 atom stereocenters. The van der Waals surface area contributed by atoms with E-state index in [1.165, 1.54) is 42.5 Å². The topological polar surface area (TPSA) is 84.5 Å². The summed E-state index contributed by atoms with van der Waals surface area (Å²) in [6, 6.07) is 17.6. The fourth-order valence-corrected chi connectivity index (χ4v) is 4.61. The van der Waals surface area contributed by atoms with Gasteiger partial charge in [0.2, 0.25) is 0 Å². The van der Waals surface area contributed by atoms with Crippen LogP contribution < -0.4 is 14.8 Å². The standard InChI is InChI=1S/C21H18Cl2N2O4S2/c1-30-19-4-2-3-16(12-19)24-21(26)13-29-18-5-7-20(8-6-18)31(27,28)25-17-10-14(22)9-15(23)11-17/h2-12,25H,13H2,1H3,(H,24,26). The minimum Gasteiger partial charge on any atom is -0.484 e. The van der Waals surface area contributed by atoms with Crippen LogP contribution in [0.4, 0.5) is 11.4 Å². The number of nitrogens with one attached hydrogen (secondary N) is 2. The number of ether oxygens (including phenoxy) is 1. The van der Waals surface area contributed by atoms with E-state index in [0.29, 0.717) is 21.5 Å². The van der Waals surface area contributed by atoms with Gasteiger partial charge in [-0.3, -0.25) is 9.52 Å². The Hall–Kier alpha value is -2.39. The highest BCUT2D eigenvalue weighted by atomic mass is 35.5. The van der Waals surface area contributed by atoms with Crippen molar-refractivity contribution in [3.8, 4) is 5.75 Å². The van der Waals surface area contributed by atoms with E-state index in [4.69, 9.17) is 27.9 Å². The minimum atomic E-state index is -3.85. The summed E-state index contributed by atoms with van der Waals surface area (Å²) >= 11 is 13.4. The average Bonchev–Trinajstić information content (AvgIpc) is 2.71. The molecule has 10 heteroatoms. The lowest BCUT2D eigenvalue weighted by atomic mass is 10.3. The third-order valence-corrected chi connectivity index (χ3v) is 6.53.